The Bertz CT molecular complexity index is 737. The standard InChI is InChI=1S/C20H24FN3/c1-15-4-2-3-5-16(15)13-24-14-20(8-10-22-11-9-20)23-18-12-17(21)6-7-19(18)24/h2-7,12,22-23H,8-11,13-14H2,1H3. The van der Waals surface area contributed by atoms with Crippen LogP contribution in [0.15, 0.2) is 42.5 Å². The average Bonchev–Trinajstić information content (AvgIpc) is 2.57. The van der Waals surface area contributed by atoms with Crippen molar-refractivity contribution >= 4 is 11.4 Å². The zero-order valence-electron chi connectivity index (χ0n) is 14.1. The topological polar surface area (TPSA) is 27.3 Å². The van der Waals surface area contributed by atoms with Gasteiger partial charge < -0.3 is 15.5 Å². The monoisotopic (exact) mass is 325 g/mol. The summed E-state index contributed by atoms with van der Waals surface area (Å²) in [6.07, 6.45) is 2.13. The lowest BCUT2D eigenvalue weighted by molar-refractivity contribution is 0.331. The van der Waals surface area contributed by atoms with Crippen LogP contribution >= 0.6 is 0 Å². The third kappa shape index (κ3) is 2.86. The maximum Gasteiger partial charge on any atom is 0.125 e. The van der Waals surface area contributed by atoms with Gasteiger partial charge >= 0.3 is 0 Å². The quantitative estimate of drug-likeness (QED) is 0.882. The summed E-state index contributed by atoms with van der Waals surface area (Å²) in [6, 6.07) is 13.6. The van der Waals surface area contributed by atoms with Gasteiger partial charge in [0.2, 0.25) is 0 Å². The van der Waals surface area contributed by atoms with Crippen LogP contribution in [-0.4, -0.2) is 25.2 Å². The van der Waals surface area contributed by atoms with E-state index in [4.69, 9.17) is 0 Å². The van der Waals surface area contributed by atoms with Gasteiger partial charge in [0, 0.05) is 13.1 Å². The molecule has 3 nitrogen and oxygen atoms in total. The molecule has 0 saturated carbocycles. The highest BCUT2D eigenvalue weighted by atomic mass is 19.1. The predicted octanol–water partition coefficient (Wildman–Crippen LogP) is 3.69. The smallest absolute Gasteiger partial charge is 0.125 e. The molecule has 2 aromatic rings. The SMILES string of the molecule is Cc1ccccc1CN1CC2(CCNCC2)Nc2cc(F)ccc21. The van der Waals surface area contributed by atoms with Gasteiger partial charge in [-0.3, -0.25) is 0 Å². The second-order valence-corrected chi connectivity index (χ2v) is 7.10. The van der Waals surface area contributed by atoms with Crippen LogP contribution in [0.3, 0.4) is 0 Å². The van der Waals surface area contributed by atoms with E-state index in [1.165, 1.54) is 11.1 Å². The molecule has 0 aromatic heterocycles. The van der Waals surface area contributed by atoms with Crippen LogP contribution in [0, 0.1) is 12.7 Å². The first-order valence-corrected chi connectivity index (χ1v) is 8.73. The van der Waals surface area contributed by atoms with E-state index in [1.807, 2.05) is 6.07 Å². The Labute approximate surface area is 142 Å². The second-order valence-electron chi connectivity index (χ2n) is 7.10. The molecule has 0 bridgehead atoms. The van der Waals surface area contributed by atoms with Crippen molar-refractivity contribution < 1.29 is 4.39 Å². The van der Waals surface area contributed by atoms with Gasteiger partial charge in [-0.15, -0.1) is 0 Å². The van der Waals surface area contributed by atoms with Crippen molar-refractivity contribution in [3.05, 3.63) is 59.4 Å². The van der Waals surface area contributed by atoms with Crippen LogP contribution in [0.25, 0.3) is 0 Å². The summed E-state index contributed by atoms with van der Waals surface area (Å²) in [4.78, 5) is 2.42. The van der Waals surface area contributed by atoms with E-state index in [0.29, 0.717) is 0 Å². The zero-order chi connectivity index (χ0) is 16.6. The molecule has 2 aliphatic rings. The van der Waals surface area contributed by atoms with Crippen LogP contribution in [0.4, 0.5) is 15.8 Å². The predicted molar refractivity (Wildman–Crippen MR) is 97.1 cm³/mol. The van der Waals surface area contributed by atoms with Gasteiger partial charge in [0.05, 0.1) is 16.9 Å². The molecule has 4 rings (SSSR count). The first-order valence-electron chi connectivity index (χ1n) is 8.73. The zero-order valence-corrected chi connectivity index (χ0v) is 14.1. The summed E-state index contributed by atoms with van der Waals surface area (Å²) in [5.74, 6) is -0.178. The van der Waals surface area contributed by atoms with E-state index in [0.717, 1.165) is 50.4 Å². The van der Waals surface area contributed by atoms with E-state index < -0.39 is 0 Å². The number of halogens is 1. The number of nitrogens with one attached hydrogen (secondary N) is 2. The van der Waals surface area contributed by atoms with Gasteiger partial charge in [0.1, 0.15) is 5.82 Å². The molecule has 2 N–H and O–H groups in total. The van der Waals surface area contributed by atoms with Crippen molar-refractivity contribution in [3.63, 3.8) is 0 Å². The maximum absolute atomic E-state index is 13.8. The molecule has 0 unspecified atom stereocenters. The lowest BCUT2D eigenvalue weighted by atomic mass is 9.85. The Kier molecular flexibility index (Phi) is 3.93. The third-order valence-electron chi connectivity index (χ3n) is 5.38. The van der Waals surface area contributed by atoms with Crippen LogP contribution in [0.2, 0.25) is 0 Å². The summed E-state index contributed by atoms with van der Waals surface area (Å²) >= 11 is 0. The number of rotatable bonds is 2. The molecule has 24 heavy (non-hydrogen) atoms. The minimum atomic E-state index is -0.178. The minimum absolute atomic E-state index is 0.0364. The molecular weight excluding hydrogens is 301 g/mol. The molecule has 4 heteroatoms. The first kappa shape index (κ1) is 15.5. The molecule has 126 valence electrons. The van der Waals surface area contributed by atoms with Gasteiger partial charge in [-0.2, -0.15) is 0 Å². The molecule has 1 fully saturated rings. The summed E-state index contributed by atoms with van der Waals surface area (Å²) in [7, 11) is 0. The Morgan fingerprint density at radius 2 is 1.92 bits per heavy atom. The van der Waals surface area contributed by atoms with Gasteiger partial charge in [0.25, 0.3) is 0 Å². The van der Waals surface area contributed by atoms with E-state index in [9.17, 15) is 4.39 Å². The fourth-order valence-electron chi connectivity index (χ4n) is 3.98. The number of piperidine rings is 1. The molecule has 2 aliphatic heterocycles. The molecule has 0 aliphatic carbocycles. The van der Waals surface area contributed by atoms with Gasteiger partial charge in [0.15, 0.2) is 0 Å². The van der Waals surface area contributed by atoms with Crippen molar-refractivity contribution in [2.75, 3.05) is 29.9 Å². The summed E-state index contributed by atoms with van der Waals surface area (Å²) in [5, 5.41) is 7.09. The number of aryl methyl sites for hydroxylation is 1. The van der Waals surface area contributed by atoms with Gasteiger partial charge in [-0.05, 0) is 62.2 Å². The molecule has 0 atom stereocenters. The van der Waals surface area contributed by atoms with Crippen LogP contribution < -0.4 is 15.5 Å². The molecule has 2 heterocycles. The van der Waals surface area contributed by atoms with Gasteiger partial charge in [-0.1, -0.05) is 24.3 Å². The highest BCUT2D eigenvalue weighted by Gasteiger charge is 2.38. The molecule has 1 saturated heterocycles. The lowest BCUT2D eigenvalue weighted by Gasteiger charge is -2.48. The number of anilines is 2. The number of hydrogen-bond donors (Lipinski definition) is 2. The van der Waals surface area contributed by atoms with E-state index in [2.05, 4.69) is 46.7 Å². The molecule has 0 radical (unpaired) electrons. The Morgan fingerprint density at radius 3 is 2.71 bits per heavy atom. The fourth-order valence-corrected chi connectivity index (χ4v) is 3.98. The van der Waals surface area contributed by atoms with Crippen molar-refractivity contribution in [2.24, 2.45) is 0 Å². The fraction of sp³-hybridized carbons (Fsp3) is 0.400. The Balaban J connectivity index is 1.70. The number of benzene rings is 2. The minimum Gasteiger partial charge on any atom is -0.376 e. The van der Waals surface area contributed by atoms with Crippen LogP contribution in [-0.2, 0) is 6.54 Å². The van der Waals surface area contributed by atoms with Crippen LogP contribution in [0.1, 0.15) is 24.0 Å². The molecule has 1 spiro atoms. The van der Waals surface area contributed by atoms with E-state index in [1.54, 1.807) is 12.1 Å². The summed E-state index contributed by atoms with van der Waals surface area (Å²) < 4.78 is 13.8. The highest BCUT2D eigenvalue weighted by molar-refractivity contribution is 5.74. The van der Waals surface area contributed by atoms with Crippen molar-refractivity contribution in [3.8, 4) is 0 Å². The molecular formula is C20H24FN3. The lowest BCUT2D eigenvalue weighted by Crippen LogP contribution is -2.57. The number of hydrogen-bond acceptors (Lipinski definition) is 3. The summed E-state index contributed by atoms with van der Waals surface area (Å²) in [5.41, 5.74) is 4.70. The van der Waals surface area contributed by atoms with E-state index in [-0.39, 0.29) is 11.4 Å². The van der Waals surface area contributed by atoms with Crippen LogP contribution in [0.5, 0.6) is 0 Å². The van der Waals surface area contributed by atoms with Crippen molar-refractivity contribution in [1.82, 2.24) is 5.32 Å². The Morgan fingerprint density at radius 1 is 1.12 bits per heavy atom. The second kappa shape index (κ2) is 6.10. The number of nitrogens with zero attached hydrogens (tertiary/aromatic N) is 1. The normalized spacial score (nSPS) is 19.0. The number of fused-ring (bicyclic) bond motifs is 1. The van der Waals surface area contributed by atoms with Crippen molar-refractivity contribution in [1.29, 1.82) is 0 Å². The summed E-state index contributed by atoms with van der Waals surface area (Å²) in [6.45, 7) is 6.00. The largest absolute Gasteiger partial charge is 0.376 e. The third-order valence-corrected chi connectivity index (χ3v) is 5.38. The first-order chi connectivity index (χ1) is 11.7. The Hall–Kier alpha value is -2.07. The maximum atomic E-state index is 13.8. The van der Waals surface area contributed by atoms with Crippen molar-refractivity contribution in [2.45, 2.75) is 31.8 Å². The van der Waals surface area contributed by atoms with E-state index >= 15 is 0 Å². The molecule has 2 aromatic carbocycles. The highest BCUT2D eigenvalue weighted by Crippen LogP contribution is 2.39. The molecule has 0 amide bonds. The average molecular weight is 325 g/mol. The van der Waals surface area contributed by atoms with Gasteiger partial charge in [-0.25, -0.2) is 4.39 Å².